The van der Waals surface area contributed by atoms with Crippen LogP contribution in [0, 0.1) is 0 Å². The first-order valence-corrected chi connectivity index (χ1v) is 8.98. The predicted octanol–water partition coefficient (Wildman–Crippen LogP) is 0.945. The molecule has 0 radical (unpaired) electrons. The minimum atomic E-state index is -3.39. The van der Waals surface area contributed by atoms with E-state index in [1.807, 2.05) is 6.92 Å². The molecule has 0 saturated carbocycles. The van der Waals surface area contributed by atoms with E-state index in [4.69, 9.17) is 9.47 Å². The van der Waals surface area contributed by atoms with Gasteiger partial charge in [0, 0.05) is 25.6 Å². The van der Waals surface area contributed by atoms with Crippen LogP contribution in [-0.4, -0.2) is 61.7 Å². The molecule has 3 heterocycles. The monoisotopic (exact) mass is 304 g/mol. The van der Waals surface area contributed by atoms with Crippen LogP contribution >= 0.6 is 0 Å². The van der Waals surface area contributed by atoms with E-state index in [1.165, 1.54) is 0 Å². The molecule has 0 amide bonds. The molecule has 1 spiro atoms. The Kier molecular flexibility index (Phi) is 4.07. The zero-order chi connectivity index (χ0) is 14.2. The van der Waals surface area contributed by atoms with Crippen LogP contribution in [0.4, 0.5) is 0 Å². The molecule has 6 nitrogen and oxygen atoms in total. The van der Waals surface area contributed by atoms with E-state index < -0.39 is 16.0 Å². The number of hydrogen-bond acceptors (Lipinski definition) is 4. The summed E-state index contributed by atoms with van der Waals surface area (Å²) in [6.07, 6.45) is 4.60. The molecule has 116 valence electrons. The normalized spacial score (nSPS) is 32.8. The second-order valence-electron chi connectivity index (χ2n) is 6.01. The minimum absolute atomic E-state index is 0.0945. The van der Waals surface area contributed by atoms with Crippen LogP contribution in [0.2, 0.25) is 0 Å². The maximum Gasteiger partial charge on any atom is 0.282 e. The van der Waals surface area contributed by atoms with Gasteiger partial charge in [-0.1, -0.05) is 6.42 Å². The second-order valence-corrected chi connectivity index (χ2v) is 7.89. The molecule has 0 aliphatic carbocycles. The van der Waals surface area contributed by atoms with Crippen molar-refractivity contribution >= 4 is 10.2 Å². The van der Waals surface area contributed by atoms with Crippen molar-refractivity contribution in [2.45, 2.75) is 50.9 Å². The Morgan fingerprint density at radius 1 is 1.10 bits per heavy atom. The fourth-order valence-corrected chi connectivity index (χ4v) is 5.38. The average molecular weight is 304 g/mol. The molecular formula is C13H24N2O4S. The summed E-state index contributed by atoms with van der Waals surface area (Å²) in [6.45, 7) is 4.66. The molecule has 0 aromatic heterocycles. The molecule has 0 aromatic carbocycles. The SMILES string of the molecule is CC1CCCCN1S(=O)(=O)N1CCCC2(C1)OCCO2. The van der Waals surface area contributed by atoms with Crippen molar-refractivity contribution in [1.82, 2.24) is 8.61 Å². The number of nitrogens with zero attached hydrogens (tertiary/aromatic N) is 2. The quantitative estimate of drug-likeness (QED) is 0.762. The van der Waals surface area contributed by atoms with Crippen LogP contribution in [0.15, 0.2) is 0 Å². The molecule has 0 aromatic rings. The van der Waals surface area contributed by atoms with Crippen molar-refractivity contribution in [3.8, 4) is 0 Å². The largest absolute Gasteiger partial charge is 0.346 e. The topological polar surface area (TPSA) is 59.1 Å². The summed E-state index contributed by atoms with van der Waals surface area (Å²) < 4.78 is 40.2. The smallest absolute Gasteiger partial charge is 0.282 e. The van der Waals surface area contributed by atoms with Gasteiger partial charge in [0.05, 0.1) is 19.8 Å². The standard InChI is InChI=1S/C13H24N2O4S/c1-12-5-2-3-8-15(12)20(16,17)14-7-4-6-13(11-14)18-9-10-19-13/h12H,2-11H2,1H3. The van der Waals surface area contributed by atoms with Gasteiger partial charge in [-0.25, -0.2) is 0 Å². The number of hydrogen-bond donors (Lipinski definition) is 0. The maximum atomic E-state index is 12.8. The van der Waals surface area contributed by atoms with E-state index in [9.17, 15) is 8.42 Å². The lowest BCUT2D eigenvalue weighted by Gasteiger charge is -2.42. The summed E-state index contributed by atoms with van der Waals surface area (Å²) in [7, 11) is -3.39. The van der Waals surface area contributed by atoms with Crippen LogP contribution in [0.25, 0.3) is 0 Å². The molecule has 3 rings (SSSR count). The maximum absolute atomic E-state index is 12.8. The van der Waals surface area contributed by atoms with E-state index in [0.717, 1.165) is 32.1 Å². The van der Waals surface area contributed by atoms with E-state index in [2.05, 4.69) is 0 Å². The minimum Gasteiger partial charge on any atom is -0.346 e. The fraction of sp³-hybridized carbons (Fsp3) is 1.00. The Balaban J connectivity index is 1.76. The van der Waals surface area contributed by atoms with Crippen molar-refractivity contribution in [2.24, 2.45) is 0 Å². The highest BCUT2D eigenvalue weighted by molar-refractivity contribution is 7.86. The summed E-state index contributed by atoms with van der Waals surface area (Å²) in [6, 6.07) is 0.0945. The first-order chi connectivity index (χ1) is 9.54. The highest BCUT2D eigenvalue weighted by atomic mass is 32.2. The van der Waals surface area contributed by atoms with Crippen molar-refractivity contribution in [2.75, 3.05) is 32.8 Å². The zero-order valence-electron chi connectivity index (χ0n) is 12.1. The Morgan fingerprint density at radius 2 is 1.85 bits per heavy atom. The van der Waals surface area contributed by atoms with E-state index in [1.54, 1.807) is 8.61 Å². The third-order valence-electron chi connectivity index (χ3n) is 4.56. The molecular weight excluding hydrogens is 280 g/mol. The first kappa shape index (κ1) is 14.7. The van der Waals surface area contributed by atoms with Crippen LogP contribution < -0.4 is 0 Å². The first-order valence-electron chi connectivity index (χ1n) is 7.58. The van der Waals surface area contributed by atoms with E-state index in [0.29, 0.717) is 32.8 Å². The molecule has 0 N–H and O–H groups in total. The van der Waals surface area contributed by atoms with Gasteiger partial charge in [-0.05, 0) is 26.2 Å². The van der Waals surface area contributed by atoms with E-state index in [-0.39, 0.29) is 6.04 Å². The van der Waals surface area contributed by atoms with Crippen LogP contribution in [0.3, 0.4) is 0 Å². The Hall–Kier alpha value is -0.210. The molecule has 0 bridgehead atoms. The summed E-state index contributed by atoms with van der Waals surface area (Å²) in [4.78, 5) is 0. The average Bonchev–Trinajstić information content (AvgIpc) is 2.87. The van der Waals surface area contributed by atoms with Crippen molar-refractivity contribution in [3.05, 3.63) is 0 Å². The summed E-state index contributed by atoms with van der Waals surface area (Å²) in [5, 5.41) is 0. The van der Waals surface area contributed by atoms with Gasteiger partial charge in [0.1, 0.15) is 0 Å². The van der Waals surface area contributed by atoms with Gasteiger partial charge in [-0.3, -0.25) is 0 Å². The number of ether oxygens (including phenoxy) is 2. The molecule has 1 unspecified atom stereocenters. The summed E-state index contributed by atoms with van der Waals surface area (Å²) >= 11 is 0. The third-order valence-corrected chi connectivity index (χ3v) is 6.66. The van der Waals surface area contributed by atoms with Gasteiger partial charge in [0.2, 0.25) is 0 Å². The predicted molar refractivity (Wildman–Crippen MR) is 74.4 cm³/mol. The molecule has 20 heavy (non-hydrogen) atoms. The highest BCUT2D eigenvalue weighted by Gasteiger charge is 2.46. The molecule has 7 heteroatoms. The Bertz CT molecular complexity index is 447. The van der Waals surface area contributed by atoms with Crippen molar-refractivity contribution in [3.63, 3.8) is 0 Å². The zero-order valence-corrected chi connectivity index (χ0v) is 12.9. The molecule has 1 atom stereocenters. The highest BCUT2D eigenvalue weighted by Crippen LogP contribution is 2.33. The van der Waals surface area contributed by atoms with Gasteiger partial charge in [0.15, 0.2) is 5.79 Å². The molecule has 3 aliphatic heterocycles. The lowest BCUT2D eigenvalue weighted by atomic mass is 10.1. The van der Waals surface area contributed by atoms with Crippen LogP contribution in [0.1, 0.15) is 39.0 Å². The van der Waals surface area contributed by atoms with Gasteiger partial charge < -0.3 is 9.47 Å². The number of piperidine rings is 2. The van der Waals surface area contributed by atoms with Gasteiger partial charge in [-0.15, -0.1) is 0 Å². The molecule has 3 saturated heterocycles. The Labute approximate surface area is 121 Å². The van der Waals surface area contributed by atoms with Crippen LogP contribution in [0.5, 0.6) is 0 Å². The molecule has 3 fully saturated rings. The van der Waals surface area contributed by atoms with Crippen LogP contribution in [-0.2, 0) is 19.7 Å². The van der Waals surface area contributed by atoms with E-state index >= 15 is 0 Å². The van der Waals surface area contributed by atoms with Crippen molar-refractivity contribution in [1.29, 1.82) is 0 Å². The van der Waals surface area contributed by atoms with Gasteiger partial charge in [0.25, 0.3) is 10.2 Å². The third kappa shape index (κ3) is 2.62. The lowest BCUT2D eigenvalue weighted by Crippen LogP contribution is -2.56. The summed E-state index contributed by atoms with van der Waals surface area (Å²) in [5.74, 6) is -0.690. The van der Waals surface area contributed by atoms with Crippen molar-refractivity contribution < 1.29 is 17.9 Å². The lowest BCUT2D eigenvalue weighted by molar-refractivity contribution is -0.179. The molecule has 3 aliphatic rings. The fourth-order valence-electron chi connectivity index (χ4n) is 3.44. The second kappa shape index (κ2) is 5.53. The van der Waals surface area contributed by atoms with Gasteiger partial charge >= 0.3 is 0 Å². The summed E-state index contributed by atoms with van der Waals surface area (Å²) in [5.41, 5.74) is 0. The number of rotatable bonds is 2. The van der Waals surface area contributed by atoms with Gasteiger partial charge in [-0.2, -0.15) is 17.0 Å². The Morgan fingerprint density at radius 3 is 2.55 bits per heavy atom.